The van der Waals surface area contributed by atoms with Gasteiger partial charge in [-0.15, -0.1) is 11.1 Å². The third-order valence-corrected chi connectivity index (χ3v) is 7.68. The molecule has 3 heteroatoms. The summed E-state index contributed by atoms with van der Waals surface area (Å²) in [6, 6.07) is 2.01. The lowest BCUT2D eigenvalue weighted by Gasteiger charge is -2.29. The highest BCUT2D eigenvalue weighted by molar-refractivity contribution is 7.16. The van der Waals surface area contributed by atoms with Gasteiger partial charge in [0.15, 0.2) is 0 Å². The second kappa shape index (κ2) is 6.05. The highest BCUT2D eigenvalue weighted by Crippen LogP contribution is 2.26. The van der Waals surface area contributed by atoms with Crippen LogP contribution in [0.25, 0.3) is 0 Å². The quantitative estimate of drug-likeness (QED) is 0.485. The van der Waals surface area contributed by atoms with Gasteiger partial charge < -0.3 is 4.43 Å². The van der Waals surface area contributed by atoms with Gasteiger partial charge in [0.25, 0.3) is 7.63 Å². The molecule has 0 bridgehead atoms. The summed E-state index contributed by atoms with van der Waals surface area (Å²) in [5.74, 6) is 0.615. The van der Waals surface area contributed by atoms with E-state index in [1.165, 1.54) is 0 Å². The molecule has 13 heavy (non-hydrogen) atoms. The van der Waals surface area contributed by atoms with Crippen LogP contribution in [0, 0.1) is 5.92 Å². The Hall–Kier alpha value is 0.467. The van der Waals surface area contributed by atoms with Crippen LogP contribution in [-0.4, -0.2) is 13.7 Å². The molecule has 0 saturated carbocycles. The van der Waals surface area contributed by atoms with E-state index in [2.05, 4.69) is 34.6 Å². The van der Waals surface area contributed by atoms with Crippen molar-refractivity contribution in [2.75, 3.05) is 0 Å². The molecule has 0 aliphatic heterocycles. The minimum absolute atomic E-state index is 0.314. The maximum atomic E-state index is 6.42. The second-order valence-corrected chi connectivity index (χ2v) is 9.28. The Balaban J connectivity index is 4.08. The van der Waals surface area contributed by atoms with Gasteiger partial charge in [0.1, 0.15) is 0 Å². The third-order valence-electron chi connectivity index (χ3n) is 2.90. The van der Waals surface area contributed by atoms with Crippen LogP contribution >= 0.6 is 11.1 Å². The monoisotopic (exact) mass is 222 g/mol. The van der Waals surface area contributed by atoms with Crippen molar-refractivity contribution < 1.29 is 4.43 Å². The number of halogens is 1. The minimum Gasteiger partial charge on any atom is -0.400 e. The molecule has 0 aromatic rings. The Morgan fingerprint density at radius 1 is 1.15 bits per heavy atom. The molecule has 0 aliphatic carbocycles. The lowest BCUT2D eigenvalue weighted by molar-refractivity contribution is 0.152. The number of hydrogen-bond donors (Lipinski definition) is 0. The van der Waals surface area contributed by atoms with Crippen molar-refractivity contribution in [1.82, 2.24) is 0 Å². The first-order valence-corrected chi connectivity index (χ1v) is 8.69. The molecule has 0 N–H and O–H groups in total. The van der Waals surface area contributed by atoms with Crippen LogP contribution in [0.5, 0.6) is 0 Å². The normalized spacial score (nSPS) is 17.1. The van der Waals surface area contributed by atoms with Gasteiger partial charge >= 0.3 is 0 Å². The predicted molar refractivity (Wildman–Crippen MR) is 62.6 cm³/mol. The van der Waals surface area contributed by atoms with Crippen molar-refractivity contribution in [2.24, 2.45) is 5.92 Å². The first-order valence-electron chi connectivity index (χ1n) is 5.35. The third kappa shape index (κ3) is 4.48. The molecule has 0 aromatic heterocycles. The molecule has 0 amide bonds. The molecule has 0 aromatic carbocycles. The van der Waals surface area contributed by atoms with Gasteiger partial charge in [-0.2, -0.15) is 0 Å². The van der Waals surface area contributed by atoms with Gasteiger partial charge in [-0.05, 0) is 24.9 Å². The molecule has 0 aliphatic rings. The van der Waals surface area contributed by atoms with Crippen LogP contribution in [0.1, 0.15) is 41.0 Å². The molecule has 0 fully saturated rings. The van der Waals surface area contributed by atoms with E-state index in [0.717, 1.165) is 18.5 Å². The average Bonchev–Trinajstić information content (AvgIpc) is 2.16. The van der Waals surface area contributed by atoms with Crippen LogP contribution < -0.4 is 0 Å². The number of rotatable bonds is 6. The van der Waals surface area contributed by atoms with Gasteiger partial charge in [0.2, 0.25) is 0 Å². The van der Waals surface area contributed by atoms with Crippen LogP contribution in [0.2, 0.25) is 12.1 Å². The van der Waals surface area contributed by atoms with Crippen LogP contribution in [-0.2, 0) is 4.43 Å². The Labute approximate surface area is 88.7 Å². The average molecular weight is 223 g/mol. The van der Waals surface area contributed by atoms with E-state index in [1.54, 1.807) is 0 Å². The van der Waals surface area contributed by atoms with Crippen molar-refractivity contribution in [3.8, 4) is 0 Å². The topological polar surface area (TPSA) is 9.23 Å². The fourth-order valence-electron chi connectivity index (χ4n) is 1.20. The van der Waals surface area contributed by atoms with Gasteiger partial charge in [0, 0.05) is 6.10 Å². The van der Waals surface area contributed by atoms with Crippen molar-refractivity contribution in [3.63, 3.8) is 0 Å². The largest absolute Gasteiger partial charge is 0.400 e. The zero-order valence-electron chi connectivity index (χ0n) is 9.56. The standard InChI is InChI=1S/C10H23ClOSi/c1-6-9(4)10(5)12-13(11,7-2)8-3/h9-10H,6-8H2,1-5H3. The molecule has 2 atom stereocenters. The van der Waals surface area contributed by atoms with E-state index in [-0.39, 0.29) is 0 Å². The molecule has 0 rings (SSSR count). The van der Waals surface area contributed by atoms with Gasteiger partial charge in [-0.3, -0.25) is 0 Å². The second-order valence-electron chi connectivity index (χ2n) is 3.80. The Bertz CT molecular complexity index is 137. The summed E-state index contributed by atoms with van der Waals surface area (Å²) >= 11 is 6.42. The first-order chi connectivity index (χ1) is 5.99. The maximum absolute atomic E-state index is 6.42. The smallest absolute Gasteiger partial charge is 0.289 e. The summed E-state index contributed by atoms with van der Waals surface area (Å²) in [5.41, 5.74) is 0. The summed E-state index contributed by atoms with van der Waals surface area (Å²) in [5, 5.41) is 0. The molecular formula is C10H23ClOSi. The molecular weight excluding hydrogens is 200 g/mol. The van der Waals surface area contributed by atoms with Crippen LogP contribution in [0.15, 0.2) is 0 Å². The van der Waals surface area contributed by atoms with E-state index in [9.17, 15) is 0 Å². The maximum Gasteiger partial charge on any atom is 0.289 e. The highest BCUT2D eigenvalue weighted by Gasteiger charge is 2.31. The zero-order valence-corrected chi connectivity index (χ0v) is 11.3. The molecule has 80 valence electrons. The van der Waals surface area contributed by atoms with E-state index in [1.807, 2.05) is 0 Å². The van der Waals surface area contributed by atoms with Gasteiger partial charge in [0.05, 0.1) is 0 Å². The minimum atomic E-state index is -1.87. The van der Waals surface area contributed by atoms with E-state index < -0.39 is 7.63 Å². The SMILES string of the molecule is CCC(C)C(C)O[Si](Cl)(CC)CC. The lowest BCUT2D eigenvalue weighted by atomic mass is 10.0. The molecule has 0 heterocycles. The highest BCUT2D eigenvalue weighted by atomic mass is 35.6. The summed E-state index contributed by atoms with van der Waals surface area (Å²) in [4.78, 5) is 0. The Morgan fingerprint density at radius 2 is 1.62 bits per heavy atom. The summed E-state index contributed by atoms with van der Waals surface area (Å²) in [6.45, 7) is 10.8. The molecule has 0 radical (unpaired) electrons. The fourth-order valence-corrected chi connectivity index (χ4v) is 3.35. The summed E-state index contributed by atoms with van der Waals surface area (Å²) < 4.78 is 5.99. The van der Waals surface area contributed by atoms with Crippen molar-refractivity contribution in [3.05, 3.63) is 0 Å². The van der Waals surface area contributed by atoms with Crippen LogP contribution in [0.4, 0.5) is 0 Å². The molecule has 0 spiro atoms. The van der Waals surface area contributed by atoms with Gasteiger partial charge in [-0.1, -0.05) is 34.1 Å². The van der Waals surface area contributed by atoms with E-state index >= 15 is 0 Å². The molecule has 2 unspecified atom stereocenters. The van der Waals surface area contributed by atoms with Crippen molar-refractivity contribution in [1.29, 1.82) is 0 Å². The van der Waals surface area contributed by atoms with Crippen LogP contribution in [0.3, 0.4) is 0 Å². The summed E-state index contributed by atoms with van der Waals surface area (Å²) in [6.07, 6.45) is 1.48. The molecule has 1 nitrogen and oxygen atoms in total. The predicted octanol–water partition coefficient (Wildman–Crippen LogP) is 4.16. The first kappa shape index (κ1) is 13.5. The fraction of sp³-hybridized carbons (Fsp3) is 1.00. The van der Waals surface area contributed by atoms with E-state index in [0.29, 0.717) is 12.0 Å². The Kier molecular flexibility index (Phi) is 6.26. The van der Waals surface area contributed by atoms with Gasteiger partial charge in [-0.25, -0.2) is 0 Å². The van der Waals surface area contributed by atoms with E-state index in [4.69, 9.17) is 15.5 Å². The Morgan fingerprint density at radius 3 is 1.92 bits per heavy atom. The molecule has 0 saturated heterocycles. The zero-order chi connectivity index (χ0) is 10.5. The van der Waals surface area contributed by atoms with Crippen molar-refractivity contribution >= 4 is 18.7 Å². The number of hydrogen-bond acceptors (Lipinski definition) is 1. The summed E-state index contributed by atoms with van der Waals surface area (Å²) in [7, 11) is -1.87. The van der Waals surface area contributed by atoms with Crippen molar-refractivity contribution in [2.45, 2.75) is 59.2 Å². The lowest BCUT2D eigenvalue weighted by Crippen LogP contribution is -2.36.